The molecular weight excluding hydrogens is 388 g/mol. The lowest BCUT2D eigenvalue weighted by molar-refractivity contribution is 0.257. The van der Waals surface area contributed by atoms with Crippen LogP contribution in [0.1, 0.15) is 19.3 Å². The molecule has 1 aromatic heterocycles. The third-order valence-electron chi connectivity index (χ3n) is 4.31. The number of amides is 2. The van der Waals surface area contributed by atoms with Gasteiger partial charge in [0.15, 0.2) is 0 Å². The molecule has 0 saturated carbocycles. The Kier molecular flexibility index (Phi) is 7.47. The van der Waals surface area contributed by atoms with Crippen molar-refractivity contribution in [1.29, 1.82) is 0 Å². The maximum atomic E-state index is 11.2. The van der Waals surface area contributed by atoms with Crippen LogP contribution >= 0.6 is 12.8 Å². The minimum absolute atomic E-state index is 0.575. The van der Waals surface area contributed by atoms with Gasteiger partial charge in [0.2, 0.25) is 0 Å². The zero-order valence-electron chi connectivity index (χ0n) is 16.0. The molecule has 29 heavy (non-hydrogen) atoms. The normalized spacial score (nSPS) is 10.5. The summed E-state index contributed by atoms with van der Waals surface area (Å²) in [5, 5.41) is 0. The van der Waals surface area contributed by atoms with Crippen LogP contribution in [-0.4, -0.2) is 19.2 Å². The summed E-state index contributed by atoms with van der Waals surface area (Å²) in [4.78, 5) is 11.2. The van der Waals surface area contributed by atoms with Gasteiger partial charge in [-0.2, -0.15) is 0 Å². The molecule has 152 valence electrons. The number of ether oxygens (including phenoxy) is 2. The fraction of sp³-hybridized carbons (Fsp3) is 0.227. The smallest absolute Gasteiger partial charge is 0.329 e. The van der Waals surface area contributed by atoms with E-state index < -0.39 is 6.03 Å². The number of hydrogen-bond acceptors (Lipinski definition) is 5. The van der Waals surface area contributed by atoms with Crippen LogP contribution in [0.2, 0.25) is 0 Å². The van der Waals surface area contributed by atoms with Crippen molar-refractivity contribution in [2.45, 2.75) is 19.3 Å². The van der Waals surface area contributed by atoms with Gasteiger partial charge in [-0.05, 0) is 55.2 Å². The Labute approximate surface area is 175 Å². The van der Waals surface area contributed by atoms with Gasteiger partial charge in [-0.25, -0.2) is 9.10 Å². The number of thiol groups is 1. The monoisotopic (exact) mass is 412 g/mol. The molecule has 0 unspecified atom stereocenters. The molecule has 2 amide bonds. The number of urea groups is 1. The van der Waals surface area contributed by atoms with Gasteiger partial charge in [0.25, 0.3) is 0 Å². The third kappa shape index (κ3) is 6.22. The van der Waals surface area contributed by atoms with E-state index in [0.717, 1.165) is 40.4 Å². The Hall–Kier alpha value is -3.06. The summed E-state index contributed by atoms with van der Waals surface area (Å²) in [5.74, 6) is 1.54. The summed E-state index contributed by atoms with van der Waals surface area (Å²) in [6.07, 6.45) is 6.23. The Morgan fingerprint density at radius 2 is 1.66 bits per heavy atom. The first-order chi connectivity index (χ1) is 14.1. The van der Waals surface area contributed by atoms with Crippen LogP contribution in [0, 0.1) is 0 Å². The molecule has 0 aliphatic carbocycles. The fourth-order valence-corrected chi connectivity index (χ4v) is 2.89. The Morgan fingerprint density at radius 3 is 2.31 bits per heavy atom. The second-order valence-electron chi connectivity index (χ2n) is 6.44. The fourth-order valence-electron chi connectivity index (χ4n) is 2.77. The highest BCUT2D eigenvalue weighted by atomic mass is 32.1. The van der Waals surface area contributed by atoms with Crippen LogP contribution in [0.3, 0.4) is 0 Å². The number of primary amides is 1. The van der Waals surface area contributed by atoms with E-state index in [-0.39, 0.29) is 0 Å². The van der Waals surface area contributed by atoms with Crippen molar-refractivity contribution >= 4 is 24.5 Å². The van der Waals surface area contributed by atoms with Crippen molar-refractivity contribution < 1.29 is 18.7 Å². The van der Waals surface area contributed by atoms with Crippen LogP contribution in [-0.2, 0) is 0 Å². The van der Waals surface area contributed by atoms with Gasteiger partial charge in [-0.3, -0.25) is 0 Å². The number of carbonyl (C=O) groups is 1. The van der Waals surface area contributed by atoms with Gasteiger partial charge in [-0.1, -0.05) is 31.0 Å². The lowest BCUT2D eigenvalue weighted by Crippen LogP contribution is -2.27. The molecule has 3 aromatic rings. The summed E-state index contributed by atoms with van der Waals surface area (Å²) in [6.45, 7) is 1.25. The van der Waals surface area contributed by atoms with Crippen LogP contribution in [0.25, 0.3) is 11.1 Å². The molecule has 0 fully saturated rings. The first kappa shape index (κ1) is 20.7. The number of rotatable bonds is 10. The third-order valence-corrected chi connectivity index (χ3v) is 4.73. The molecule has 0 radical (unpaired) electrons. The lowest BCUT2D eigenvalue weighted by atomic mass is 10.1. The van der Waals surface area contributed by atoms with E-state index in [4.69, 9.17) is 19.6 Å². The molecule has 0 aliphatic heterocycles. The number of hydrogen-bond donors (Lipinski definition) is 2. The molecule has 1 heterocycles. The van der Waals surface area contributed by atoms with E-state index in [1.165, 1.54) is 0 Å². The van der Waals surface area contributed by atoms with Gasteiger partial charge in [0.1, 0.15) is 11.5 Å². The molecule has 0 spiro atoms. The SMILES string of the molecule is NC(=O)N(S)c1cccc(OCCCCCOc2ccc(-c3ccoc3)cc2)c1. The highest BCUT2D eigenvalue weighted by Gasteiger charge is 2.08. The summed E-state index contributed by atoms with van der Waals surface area (Å²) < 4.78 is 17.7. The number of carbonyl (C=O) groups excluding carboxylic acids is 1. The molecule has 2 aromatic carbocycles. The Balaban J connectivity index is 1.31. The molecule has 7 heteroatoms. The summed E-state index contributed by atoms with van der Waals surface area (Å²) >= 11 is 4.05. The van der Waals surface area contributed by atoms with Gasteiger partial charge in [0.05, 0.1) is 31.4 Å². The number of benzene rings is 2. The first-order valence-electron chi connectivity index (χ1n) is 9.40. The minimum atomic E-state index is -0.637. The number of anilines is 1. The zero-order valence-corrected chi connectivity index (χ0v) is 16.9. The van der Waals surface area contributed by atoms with Gasteiger partial charge < -0.3 is 19.6 Å². The van der Waals surface area contributed by atoms with Gasteiger partial charge in [0, 0.05) is 11.6 Å². The van der Waals surface area contributed by atoms with E-state index >= 15 is 0 Å². The minimum Gasteiger partial charge on any atom is -0.494 e. The van der Waals surface area contributed by atoms with Crippen molar-refractivity contribution in [2.24, 2.45) is 5.73 Å². The predicted molar refractivity (Wildman–Crippen MR) is 116 cm³/mol. The number of nitrogens with zero attached hydrogens (tertiary/aromatic N) is 1. The standard InChI is InChI=1S/C22H24N2O4S/c23-22(25)24(29)19-5-4-6-21(15-19)28-13-3-1-2-12-27-20-9-7-17(8-10-20)18-11-14-26-16-18/h4-11,14-16,29H,1-3,12-13H2,(H2,23,25). The summed E-state index contributed by atoms with van der Waals surface area (Å²) in [7, 11) is 0. The molecule has 6 nitrogen and oxygen atoms in total. The number of furan rings is 1. The van der Waals surface area contributed by atoms with E-state index in [0.29, 0.717) is 24.7 Å². The molecular formula is C22H24N2O4S. The summed E-state index contributed by atoms with van der Waals surface area (Å²) in [6, 6.07) is 16.4. The average molecular weight is 413 g/mol. The first-order valence-corrected chi connectivity index (χ1v) is 9.80. The Bertz CT molecular complexity index is 897. The van der Waals surface area contributed by atoms with Crippen molar-refractivity contribution in [3.05, 3.63) is 67.1 Å². The largest absolute Gasteiger partial charge is 0.494 e. The predicted octanol–water partition coefficient (Wildman–Crippen LogP) is 5.30. The zero-order chi connectivity index (χ0) is 20.5. The van der Waals surface area contributed by atoms with Gasteiger partial charge >= 0.3 is 6.03 Å². The molecule has 0 bridgehead atoms. The van der Waals surface area contributed by atoms with Crippen LogP contribution in [0.15, 0.2) is 71.5 Å². The number of nitrogens with two attached hydrogens (primary N) is 1. The van der Waals surface area contributed by atoms with Crippen molar-refractivity contribution in [3.8, 4) is 22.6 Å². The van der Waals surface area contributed by atoms with E-state index in [1.54, 1.807) is 30.7 Å². The second kappa shape index (κ2) is 10.5. The van der Waals surface area contributed by atoms with Crippen LogP contribution in [0.5, 0.6) is 11.5 Å². The molecule has 2 N–H and O–H groups in total. The highest BCUT2D eigenvalue weighted by molar-refractivity contribution is 7.82. The van der Waals surface area contributed by atoms with E-state index in [2.05, 4.69) is 12.8 Å². The van der Waals surface area contributed by atoms with E-state index in [9.17, 15) is 4.79 Å². The van der Waals surface area contributed by atoms with Crippen molar-refractivity contribution in [2.75, 3.05) is 17.5 Å². The van der Waals surface area contributed by atoms with Crippen molar-refractivity contribution in [1.82, 2.24) is 0 Å². The van der Waals surface area contributed by atoms with E-state index in [1.807, 2.05) is 36.4 Å². The van der Waals surface area contributed by atoms with Crippen LogP contribution < -0.4 is 19.5 Å². The van der Waals surface area contributed by atoms with Crippen molar-refractivity contribution in [3.63, 3.8) is 0 Å². The Morgan fingerprint density at radius 1 is 0.931 bits per heavy atom. The quantitative estimate of drug-likeness (QED) is 0.350. The topological polar surface area (TPSA) is 77.9 Å². The maximum Gasteiger partial charge on any atom is 0.329 e. The second-order valence-corrected chi connectivity index (χ2v) is 6.84. The maximum absolute atomic E-state index is 11.2. The highest BCUT2D eigenvalue weighted by Crippen LogP contribution is 2.24. The average Bonchev–Trinajstić information content (AvgIpc) is 3.28. The van der Waals surface area contributed by atoms with Crippen LogP contribution in [0.4, 0.5) is 10.5 Å². The molecule has 0 aliphatic rings. The molecule has 0 saturated heterocycles. The van der Waals surface area contributed by atoms with Gasteiger partial charge in [-0.15, -0.1) is 0 Å². The molecule has 3 rings (SSSR count). The summed E-state index contributed by atoms with van der Waals surface area (Å²) in [5.41, 5.74) is 7.94. The lowest BCUT2D eigenvalue weighted by Gasteiger charge is -2.14. The molecule has 0 atom stereocenters. The number of unbranched alkanes of at least 4 members (excludes halogenated alkanes) is 2.